The van der Waals surface area contributed by atoms with E-state index in [1.165, 1.54) is 7.11 Å². The Morgan fingerprint density at radius 2 is 2.44 bits per heavy atom. The molecule has 0 aliphatic carbocycles. The lowest BCUT2D eigenvalue weighted by molar-refractivity contribution is 0.0610. The van der Waals surface area contributed by atoms with Crippen molar-refractivity contribution in [1.82, 2.24) is 15.5 Å². The second-order valence-electron chi connectivity index (χ2n) is 3.99. The van der Waals surface area contributed by atoms with Crippen LogP contribution in [0.2, 0.25) is 0 Å². The first-order chi connectivity index (χ1) is 8.70. The number of carbonyl (C=O) groups is 1. The molecule has 96 valence electrons. The minimum Gasteiger partial charge on any atom is -0.389 e. The lowest BCUT2D eigenvalue weighted by Crippen LogP contribution is -2.34. The van der Waals surface area contributed by atoms with Crippen molar-refractivity contribution in [3.05, 3.63) is 30.0 Å². The molecule has 18 heavy (non-hydrogen) atoms. The summed E-state index contributed by atoms with van der Waals surface area (Å²) in [5, 5.41) is 19.7. The number of methoxy groups -OCH3 is 1. The highest BCUT2D eigenvalue weighted by Crippen LogP contribution is 2.12. The van der Waals surface area contributed by atoms with Crippen molar-refractivity contribution in [3.8, 4) is 0 Å². The largest absolute Gasteiger partial charge is 0.389 e. The van der Waals surface area contributed by atoms with Gasteiger partial charge in [0.05, 0.1) is 24.4 Å². The summed E-state index contributed by atoms with van der Waals surface area (Å²) < 4.78 is 4.77. The van der Waals surface area contributed by atoms with Gasteiger partial charge >= 0.3 is 0 Å². The second-order valence-corrected chi connectivity index (χ2v) is 3.99. The number of aromatic nitrogens is 2. The van der Waals surface area contributed by atoms with Crippen molar-refractivity contribution in [2.45, 2.75) is 6.10 Å². The molecule has 1 aromatic carbocycles. The number of nitrogens with zero attached hydrogens (tertiary/aromatic N) is 1. The number of fused-ring (bicyclic) bond motifs is 1. The Balaban J connectivity index is 1.99. The number of carbonyl (C=O) groups excluding carboxylic acids is 1. The van der Waals surface area contributed by atoms with Crippen LogP contribution in [0.3, 0.4) is 0 Å². The molecule has 0 spiro atoms. The Bertz CT molecular complexity index is 538. The number of hydrogen-bond acceptors (Lipinski definition) is 4. The van der Waals surface area contributed by atoms with Crippen LogP contribution in [0.25, 0.3) is 10.9 Å². The maximum atomic E-state index is 11.8. The molecule has 3 N–H and O–H groups in total. The van der Waals surface area contributed by atoms with Crippen LogP contribution in [0.4, 0.5) is 0 Å². The van der Waals surface area contributed by atoms with Crippen molar-refractivity contribution in [2.24, 2.45) is 0 Å². The van der Waals surface area contributed by atoms with Crippen molar-refractivity contribution in [1.29, 1.82) is 0 Å². The SMILES string of the molecule is COCC(O)CNC(=O)c1ccc2cn[nH]c2c1. The Morgan fingerprint density at radius 1 is 1.61 bits per heavy atom. The minimum atomic E-state index is -0.699. The van der Waals surface area contributed by atoms with Gasteiger partial charge in [0.1, 0.15) is 0 Å². The Hall–Kier alpha value is -1.92. The first-order valence-electron chi connectivity index (χ1n) is 5.59. The molecule has 1 aromatic heterocycles. The van der Waals surface area contributed by atoms with Crippen LogP contribution in [0, 0.1) is 0 Å². The molecule has 2 rings (SSSR count). The van der Waals surface area contributed by atoms with Gasteiger partial charge in [-0.3, -0.25) is 9.89 Å². The second kappa shape index (κ2) is 5.61. The van der Waals surface area contributed by atoms with E-state index in [2.05, 4.69) is 15.5 Å². The van der Waals surface area contributed by atoms with E-state index >= 15 is 0 Å². The Kier molecular flexibility index (Phi) is 3.91. The van der Waals surface area contributed by atoms with E-state index in [4.69, 9.17) is 4.74 Å². The van der Waals surface area contributed by atoms with E-state index in [1.54, 1.807) is 18.3 Å². The number of rotatable bonds is 5. The summed E-state index contributed by atoms with van der Waals surface area (Å²) in [5.74, 6) is -0.235. The zero-order valence-electron chi connectivity index (χ0n) is 10.0. The van der Waals surface area contributed by atoms with Crippen LogP contribution in [-0.4, -0.2) is 47.6 Å². The average Bonchev–Trinajstić information content (AvgIpc) is 2.83. The van der Waals surface area contributed by atoms with E-state index in [9.17, 15) is 9.90 Å². The smallest absolute Gasteiger partial charge is 0.251 e. The van der Waals surface area contributed by atoms with Gasteiger partial charge in [-0.25, -0.2) is 0 Å². The maximum Gasteiger partial charge on any atom is 0.251 e. The zero-order valence-corrected chi connectivity index (χ0v) is 10.0. The first-order valence-corrected chi connectivity index (χ1v) is 5.59. The number of aromatic amines is 1. The summed E-state index contributed by atoms with van der Waals surface area (Å²) in [4.78, 5) is 11.8. The van der Waals surface area contributed by atoms with Gasteiger partial charge in [-0.1, -0.05) is 6.07 Å². The minimum absolute atomic E-state index is 0.160. The highest BCUT2D eigenvalue weighted by molar-refractivity contribution is 5.97. The molecule has 0 radical (unpaired) electrons. The monoisotopic (exact) mass is 249 g/mol. The van der Waals surface area contributed by atoms with Crippen LogP contribution in [0.5, 0.6) is 0 Å². The summed E-state index contributed by atoms with van der Waals surface area (Å²) in [7, 11) is 1.50. The molecule has 1 amide bonds. The molecule has 1 atom stereocenters. The van der Waals surface area contributed by atoms with Crippen molar-refractivity contribution in [2.75, 3.05) is 20.3 Å². The molecule has 0 fully saturated rings. The van der Waals surface area contributed by atoms with Crippen LogP contribution in [-0.2, 0) is 4.74 Å². The van der Waals surface area contributed by atoms with Gasteiger partial charge < -0.3 is 15.2 Å². The van der Waals surface area contributed by atoms with E-state index in [-0.39, 0.29) is 19.1 Å². The van der Waals surface area contributed by atoms with Crippen molar-refractivity contribution < 1.29 is 14.6 Å². The standard InChI is InChI=1S/C12H15N3O3/c1-18-7-10(16)6-13-12(17)8-2-3-9-5-14-15-11(9)4-8/h2-5,10,16H,6-7H2,1H3,(H,13,17)(H,14,15). The normalized spacial score (nSPS) is 12.6. The number of hydrogen-bond donors (Lipinski definition) is 3. The van der Waals surface area contributed by atoms with E-state index in [0.717, 1.165) is 10.9 Å². The molecule has 1 unspecified atom stereocenters. The molecule has 0 bridgehead atoms. The number of aliphatic hydroxyl groups excluding tert-OH is 1. The van der Waals surface area contributed by atoms with Gasteiger partial charge in [-0.05, 0) is 12.1 Å². The van der Waals surface area contributed by atoms with Crippen molar-refractivity contribution >= 4 is 16.8 Å². The van der Waals surface area contributed by atoms with Crippen LogP contribution < -0.4 is 5.32 Å². The predicted molar refractivity (Wildman–Crippen MR) is 66.3 cm³/mol. The number of H-pyrrole nitrogens is 1. The average molecular weight is 249 g/mol. The van der Waals surface area contributed by atoms with Gasteiger partial charge in [-0.2, -0.15) is 5.10 Å². The molecule has 0 aliphatic rings. The number of benzene rings is 1. The number of aliphatic hydroxyl groups is 1. The van der Waals surface area contributed by atoms with E-state index in [1.807, 2.05) is 6.07 Å². The van der Waals surface area contributed by atoms with Gasteiger partial charge in [0.2, 0.25) is 0 Å². The maximum absolute atomic E-state index is 11.8. The summed E-state index contributed by atoms with van der Waals surface area (Å²) in [6.07, 6.45) is 0.995. The fourth-order valence-electron chi connectivity index (χ4n) is 1.64. The molecule has 6 heteroatoms. The fraction of sp³-hybridized carbons (Fsp3) is 0.333. The van der Waals surface area contributed by atoms with Crippen LogP contribution in [0.15, 0.2) is 24.4 Å². The lowest BCUT2D eigenvalue weighted by Gasteiger charge is -2.10. The third-order valence-corrected chi connectivity index (χ3v) is 2.56. The molecule has 0 saturated carbocycles. The molecule has 2 aromatic rings. The Labute approximate surface area is 104 Å². The van der Waals surface area contributed by atoms with E-state index < -0.39 is 6.10 Å². The highest BCUT2D eigenvalue weighted by atomic mass is 16.5. The summed E-state index contributed by atoms with van der Waals surface area (Å²) in [5.41, 5.74) is 1.33. The molecule has 0 aliphatic heterocycles. The summed E-state index contributed by atoms with van der Waals surface area (Å²) in [6.45, 7) is 0.355. The quantitative estimate of drug-likeness (QED) is 0.711. The van der Waals surface area contributed by atoms with Crippen molar-refractivity contribution in [3.63, 3.8) is 0 Å². The number of nitrogens with one attached hydrogen (secondary N) is 2. The first kappa shape index (κ1) is 12.5. The molecular formula is C12H15N3O3. The van der Waals surface area contributed by atoms with E-state index in [0.29, 0.717) is 5.56 Å². The molecular weight excluding hydrogens is 234 g/mol. The number of ether oxygens (including phenoxy) is 1. The van der Waals surface area contributed by atoms with Gasteiger partial charge in [0, 0.05) is 24.6 Å². The molecule has 6 nitrogen and oxygen atoms in total. The zero-order chi connectivity index (χ0) is 13.0. The third kappa shape index (κ3) is 2.85. The molecule has 1 heterocycles. The van der Waals surface area contributed by atoms with Gasteiger partial charge in [-0.15, -0.1) is 0 Å². The summed E-state index contributed by atoms with van der Waals surface area (Å²) >= 11 is 0. The predicted octanol–water partition coefficient (Wildman–Crippen LogP) is 0.300. The van der Waals surface area contributed by atoms with Crippen LogP contribution >= 0.6 is 0 Å². The Morgan fingerprint density at radius 3 is 3.22 bits per heavy atom. The summed E-state index contributed by atoms with van der Waals surface area (Å²) in [6, 6.07) is 5.26. The lowest BCUT2D eigenvalue weighted by atomic mass is 10.1. The number of amides is 1. The highest BCUT2D eigenvalue weighted by Gasteiger charge is 2.09. The molecule has 0 saturated heterocycles. The van der Waals surface area contributed by atoms with Gasteiger partial charge in [0.15, 0.2) is 0 Å². The van der Waals surface area contributed by atoms with Gasteiger partial charge in [0.25, 0.3) is 5.91 Å². The van der Waals surface area contributed by atoms with Crippen LogP contribution in [0.1, 0.15) is 10.4 Å². The third-order valence-electron chi connectivity index (χ3n) is 2.56. The fourth-order valence-corrected chi connectivity index (χ4v) is 1.64. The topological polar surface area (TPSA) is 87.2 Å².